The van der Waals surface area contributed by atoms with Crippen LogP contribution in [0.1, 0.15) is 71.6 Å². The minimum Gasteiger partial charge on any atom is -0.340 e. The van der Waals surface area contributed by atoms with Gasteiger partial charge < -0.3 is 15.2 Å². The predicted octanol–water partition coefficient (Wildman–Crippen LogP) is 5.24. The van der Waals surface area contributed by atoms with Crippen molar-refractivity contribution in [3.05, 3.63) is 40.7 Å². The minimum absolute atomic E-state index is 0.0448. The number of aromatic amines is 1. The first-order valence-electron chi connectivity index (χ1n) is 13.3. The summed E-state index contributed by atoms with van der Waals surface area (Å²) in [4.78, 5) is 33.3. The fourth-order valence-electron chi connectivity index (χ4n) is 5.49. The van der Waals surface area contributed by atoms with E-state index in [9.17, 15) is 40.3 Å². The maximum Gasteiger partial charge on any atom is 0.276 e. The summed E-state index contributed by atoms with van der Waals surface area (Å²) in [6, 6.07) is -0.735. The highest BCUT2D eigenvalue weighted by molar-refractivity contribution is 5.93. The van der Waals surface area contributed by atoms with Crippen LogP contribution in [0.25, 0.3) is 11.0 Å². The second-order valence-corrected chi connectivity index (χ2v) is 11.0. The number of amides is 2. The van der Waals surface area contributed by atoms with Crippen molar-refractivity contribution in [2.24, 2.45) is 5.92 Å². The number of aryl methyl sites for hydroxylation is 1. The van der Waals surface area contributed by atoms with Crippen LogP contribution in [0.15, 0.2) is 16.8 Å². The number of hydrogen-bond donors (Lipinski definition) is 2. The molecule has 2 heterocycles. The molecule has 2 fully saturated rings. The van der Waals surface area contributed by atoms with Gasteiger partial charge in [-0.1, -0.05) is 11.2 Å². The Morgan fingerprint density at radius 2 is 1.77 bits per heavy atom. The molecule has 2 saturated carbocycles. The fraction of sp³-hybridized carbons (Fsp3) is 0.577. The van der Waals surface area contributed by atoms with Gasteiger partial charge in [-0.25, -0.2) is 44.7 Å². The maximum atomic E-state index is 15.9. The number of halogens is 8. The zero-order valence-electron chi connectivity index (χ0n) is 22.7. The normalized spacial score (nSPS) is 21.9. The van der Waals surface area contributed by atoms with Crippen molar-refractivity contribution in [1.29, 1.82) is 0 Å². The molecule has 0 radical (unpaired) electrons. The summed E-state index contributed by atoms with van der Waals surface area (Å²) in [6.07, 6.45) is -8.81. The van der Waals surface area contributed by atoms with Crippen LogP contribution < -0.4 is 5.32 Å². The minimum atomic E-state index is -3.74. The summed E-state index contributed by atoms with van der Waals surface area (Å²) in [5.41, 5.74) is -1.46. The van der Waals surface area contributed by atoms with Crippen molar-refractivity contribution in [2.75, 3.05) is 7.05 Å². The van der Waals surface area contributed by atoms with Crippen LogP contribution in [0.2, 0.25) is 0 Å². The van der Waals surface area contributed by atoms with Crippen molar-refractivity contribution in [3.8, 4) is 0 Å². The SMILES string of the molecule is Cc1nonc1C(=O)N[C@H](c1nc2c(F)c(C(C(=O)N(C)C3CC3(F)F)C(F)C(F)F)ccc2[nH]1)C1CCC(F)(F)CC1. The van der Waals surface area contributed by atoms with Gasteiger partial charge in [-0.15, -0.1) is 0 Å². The topological polar surface area (TPSA) is 117 Å². The Bertz CT molecular complexity index is 1520. The lowest BCUT2D eigenvalue weighted by Crippen LogP contribution is -2.41. The lowest BCUT2D eigenvalue weighted by molar-refractivity contribution is -0.137. The van der Waals surface area contributed by atoms with E-state index in [2.05, 4.69) is 30.2 Å². The molecule has 17 heteroatoms. The van der Waals surface area contributed by atoms with Gasteiger partial charge >= 0.3 is 0 Å². The molecule has 9 nitrogen and oxygen atoms in total. The Balaban J connectivity index is 1.52. The third-order valence-corrected chi connectivity index (χ3v) is 8.09. The van der Waals surface area contributed by atoms with Gasteiger partial charge in [0.25, 0.3) is 18.3 Å². The molecule has 0 saturated heterocycles. The highest BCUT2D eigenvalue weighted by atomic mass is 19.3. The number of likely N-dealkylation sites (N-methyl/N-ethyl adjacent to an activating group) is 1. The number of carbonyl (C=O) groups excluding carboxylic acids is 2. The molecule has 4 atom stereocenters. The molecule has 5 rings (SSSR count). The molecule has 0 spiro atoms. The first-order chi connectivity index (χ1) is 20.1. The van der Waals surface area contributed by atoms with Crippen molar-refractivity contribution in [2.45, 2.75) is 81.5 Å². The lowest BCUT2D eigenvalue weighted by Gasteiger charge is -2.33. The number of nitrogens with zero attached hydrogens (tertiary/aromatic N) is 4. The van der Waals surface area contributed by atoms with Crippen LogP contribution >= 0.6 is 0 Å². The Morgan fingerprint density at radius 1 is 1.12 bits per heavy atom. The molecule has 2 amide bonds. The number of hydrogen-bond acceptors (Lipinski definition) is 6. The maximum absolute atomic E-state index is 15.9. The van der Waals surface area contributed by atoms with E-state index in [1.54, 1.807) is 0 Å². The average Bonchev–Trinajstić information content (AvgIpc) is 3.25. The lowest BCUT2D eigenvalue weighted by atomic mass is 9.81. The summed E-state index contributed by atoms with van der Waals surface area (Å²) >= 11 is 0. The summed E-state index contributed by atoms with van der Waals surface area (Å²) in [6.45, 7) is 1.44. The van der Waals surface area contributed by atoms with Gasteiger partial charge in [0.1, 0.15) is 29.0 Å². The summed E-state index contributed by atoms with van der Waals surface area (Å²) in [7, 11) is 0.898. The highest BCUT2D eigenvalue weighted by Gasteiger charge is 2.61. The number of carbonyl (C=O) groups is 2. The van der Waals surface area contributed by atoms with Crippen LogP contribution in [0.4, 0.5) is 35.1 Å². The zero-order valence-corrected chi connectivity index (χ0v) is 22.7. The van der Waals surface area contributed by atoms with Gasteiger partial charge in [0.15, 0.2) is 17.7 Å². The van der Waals surface area contributed by atoms with Crippen LogP contribution in [0, 0.1) is 18.7 Å². The largest absolute Gasteiger partial charge is 0.340 e. The molecule has 2 aliphatic carbocycles. The van der Waals surface area contributed by atoms with Crippen LogP contribution in [0.5, 0.6) is 0 Å². The fourth-order valence-corrected chi connectivity index (χ4v) is 5.49. The number of H-pyrrole nitrogens is 1. The summed E-state index contributed by atoms with van der Waals surface area (Å²) in [5.74, 6) is -13.0. The number of alkyl halides is 7. The second kappa shape index (κ2) is 11.0. The summed E-state index contributed by atoms with van der Waals surface area (Å²) < 4.78 is 117. The Hall–Kier alpha value is -3.79. The van der Waals surface area contributed by atoms with Gasteiger partial charge in [0.05, 0.1) is 11.6 Å². The van der Waals surface area contributed by atoms with E-state index in [-0.39, 0.29) is 35.6 Å². The van der Waals surface area contributed by atoms with Crippen LogP contribution in [-0.2, 0) is 4.79 Å². The first-order valence-corrected chi connectivity index (χ1v) is 13.3. The number of aromatic nitrogens is 4. The zero-order chi connectivity index (χ0) is 31.4. The van der Waals surface area contributed by atoms with Gasteiger partial charge in [-0.3, -0.25) is 9.59 Å². The number of benzene rings is 1. The molecule has 0 bridgehead atoms. The standard InChI is InChI=1S/C26H26F8N6O3/c1-10-18(39-43-38-10)23(41)37-19(11-5-7-25(31,32)8-6-11)22-35-13-4-3-12(16(27)20(13)36-22)15(17(28)21(29)30)24(42)40(2)14-9-26(14,33)34/h3-4,11,14-15,17,19,21H,5-9H2,1-2H3,(H,35,36)(H,37,41)/t14?,15?,17?,19-/m0/s1. The van der Waals surface area contributed by atoms with E-state index in [4.69, 9.17) is 0 Å². The Kier molecular flexibility index (Phi) is 7.88. The van der Waals surface area contributed by atoms with Crippen molar-refractivity contribution < 1.29 is 49.3 Å². The van der Waals surface area contributed by atoms with Crippen LogP contribution in [0.3, 0.4) is 0 Å². The Morgan fingerprint density at radius 3 is 2.33 bits per heavy atom. The van der Waals surface area contributed by atoms with E-state index in [0.29, 0.717) is 4.90 Å². The molecular weight excluding hydrogens is 596 g/mol. The van der Waals surface area contributed by atoms with Crippen molar-refractivity contribution in [3.63, 3.8) is 0 Å². The van der Waals surface area contributed by atoms with Crippen LogP contribution in [-0.4, -0.2) is 74.5 Å². The van der Waals surface area contributed by atoms with Crippen molar-refractivity contribution in [1.82, 2.24) is 30.5 Å². The monoisotopic (exact) mass is 622 g/mol. The Labute approximate surface area is 238 Å². The number of nitrogens with one attached hydrogen (secondary N) is 2. The molecule has 2 N–H and O–H groups in total. The smallest absolute Gasteiger partial charge is 0.276 e. The van der Waals surface area contributed by atoms with E-state index < -0.39 is 96.3 Å². The molecule has 2 aromatic heterocycles. The third kappa shape index (κ3) is 5.89. The highest BCUT2D eigenvalue weighted by Crippen LogP contribution is 2.47. The summed E-state index contributed by atoms with van der Waals surface area (Å²) in [5, 5.41) is 9.67. The van der Waals surface area contributed by atoms with Gasteiger partial charge in [-0.05, 0) is 36.9 Å². The van der Waals surface area contributed by atoms with E-state index >= 15 is 4.39 Å². The average molecular weight is 623 g/mol. The van der Waals surface area contributed by atoms with Gasteiger partial charge in [0.2, 0.25) is 11.8 Å². The van der Waals surface area contributed by atoms with E-state index in [0.717, 1.165) is 19.2 Å². The quantitative estimate of drug-likeness (QED) is 0.315. The number of imidazole rings is 1. The first kappa shape index (κ1) is 30.7. The molecule has 234 valence electrons. The van der Waals surface area contributed by atoms with Crippen molar-refractivity contribution >= 4 is 22.8 Å². The molecular formula is C26H26F8N6O3. The van der Waals surface area contributed by atoms with E-state index in [1.165, 1.54) is 6.92 Å². The van der Waals surface area contributed by atoms with E-state index in [1.807, 2.05) is 0 Å². The number of rotatable bonds is 9. The third-order valence-electron chi connectivity index (χ3n) is 8.09. The molecule has 1 aromatic carbocycles. The number of fused-ring (bicyclic) bond motifs is 1. The molecule has 3 unspecified atom stereocenters. The van der Waals surface area contributed by atoms with Gasteiger partial charge in [0, 0.05) is 31.9 Å². The molecule has 2 aliphatic rings. The van der Waals surface area contributed by atoms with Gasteiger partial charge in [-0.2, -0.15) is 0 Å². The molecule has 3 aromatic rings. The second-order valence-electron chi connectivity index (χ2n) is 11.0. The predicted molar refractivity (Wildman–Crippen MR) is 132 cm³/mol. The molecule has 0 aliphatic heterocycles. The molecule has 43 heavy (non-hydrogen) atoms.